The van der Waals surface area contributed by atoms with Crippen molar-refractivity contribution in [3.8, 4) is 0 Å². The number of nitrogens with one attached hydrogen (secondary N) is 1. The highest BCUT2D eigenvalue weighted by Gasteiger charge is 2.15. The van der Waals surface area contributed by atoms with E-state index >= 15 is 0 Å². The Labute approximate surface area is 154 Å². The highest BCUT2D eigenvalue weighted by molar-refractivity contribution is 5.94. The lowest BCUT2D eigenvalue weighted by atomic mass is 10.1. The SMILES string of the molecule is Cc1cc(C)cc(C(=O)N[C@H](C)Cn2nc3c(cc2=O)CCCCC3)c1. The van der Waals surface area contributed by atoms with Crippen molar-refractivity contribution in [2.45, 2.75) is 65.5 Å². The molecule has 1 amide bonds. The van der Waals surface area contributed by atoms with Gasteiger partial charge in [-0.1, -0.05) is 23.6 Å². The van der Waals surface area contributed by atoms with Crippen LogP contribution in [0.5, 0.6) is 0 Å². The molecule has 1 aliphatic rings. The summed E-state index contributed by atoms with van der Waals surface area (Å²) in [6, 6.07) is 7.34. The summed E-state index contributed by atoms with van der Waals surface area (Å²) in [5, 5.41) is 7.55. The average molecular weight is 353 g/mol. The maximum absolute atomic E-state index is 12.5. The molecule has 0 saturated heterocycles. The van der Waals surface area contributed by atoms with Gasteiger partial charge in [0.25, 0.3) is 11.5 Å². The second-order valence-electron chi connectivity index (χ2n) is 7.45. The molecule has 0 radical (unpaired) electrons. The summed E-state index contributed by atoms with van der Waals surface area (Å²) in [6.07, 6.45) is 5.31. The van der Waals surface area contributed by atoms with Crippen LogP contribution in [0.4, 0.5) is 0 Å². The van der Waals surface area contributed by atoms with Crippen molar-refractivity contribution in [3.05, 3.63) is 62.6 Å². The highest BCUT2D eigenvalue weighted by atomic mass is 16.2. The van der Waals surface area contributed by atoms with Gasteiger partial charge in [0, 0.05) is 17.7 Å². The topological polar surface area (TPSA) is 64.0 Å². The number of carbonyl (C=O) groups is 1. The standard InChI is InChI=1S/C21H27N3O2/c1-14-9-15(2)11-18(10-14)21(26)22-16(3)13-24-20(25)12-17-7-5-4-6-8-19(17)23-24/h9-12,16H,4-8,13H2,1-3H3,(H,22,26)/t16-/m1/s1. The van der Waals surface area contributed by atoms with Crippen LogP contribution in [0.1, 0.15) is 58.9 Å². The van der Waals surface area contributed by atoms with Crippen molar-refractivity contribution < 1.29 is 4.79 Å². The van der Waals surface area contributed by atoms with Crippen molar-refractivity contribution in [1.29, 1.82) is 0 Å². The predicted molar refractivity (Wildman–Crippen MR) is 103 cm³/mol. The molecule has 26 heavy (non-hydrogen) atoms. The molecule has 0 bridgehead atoms. The van der Waals surface area contributed by atoms with Crippen LogP contribution in [-0.2, 0) is 19.4 Å². The van der Waals surface area contributed by atoms with Crippen molar-refractivity contribution in [3.63, 3.8) is 0 Å². The van der Waals surface area contributed by atoms with Gasteiger partial charge in [-0.3, -0.25) is 9.59 Å². The minimum absolute atomic E-state index is 0.0850. The Kier molecular flexibility index (Phi) is 5.55. The molecule has 0 fully saturated rings. The third-order valence-electron chi connectivity index (χ3n) is 4.83. The number of nitrogens with zero attached hydrogens (tertiary/aromatic N) is 2. The van der Waals surface area contributed by atoms with Crippen LogP contribution >= 0.6 is 0 Å². The van der Waals surface area contributed by atoms with Crippen molar-refractivity contribution >= 4 is 5.91 Å². The fourth-order valence-corrected chi connectivity index (χ4v) is 3.63. The molecule has 0 unspecified atom stereocenters. The molecule has 5 heteroatoms. The van der Waals surface area contributed by atoms with Gasteiger partial charge in [-0.25, -0.2) is 4.68 Å². The Morgan fingerprint density at radius 3 is 2.54 bits per heavy atom. The fourth-order valence-electron chi connectivity index (χ4n) is 3.63. The van der Waals surface area contributed by atoms with E-state index < -0.39 is 0 Å². The molecule has 1 heterocycles. The lowest BCUT2D eigenvalue weighted by molar-refractivity contribution is 0.0935. The summed E-state index contributed by atoms with van der Waals surface area (Å²) in [4.78, 5) is 24.9. The molecule has 1 atom stereocenters. The molecule has 1 aromatic carbocycles. The molecule has 1 N–H and O–H groups in total. The molecule has 0 spiro atoms. The lowest BCUT2D eigenvalue weighted by Gasteiger charge is -2.16. The van der Waals surface area contributed by atoms with E-state index in [1.165, 1.54) is 11.1 Å². The third-order valence-corrected chi connectivity index (χ3v) is 4.83. The maximum atomic E-state index is 12.5. The minimum Gasteiger partial charge on any atom is -0.348 e. The van der Waals surface area contributed by atoms with E-state index in [9.17, 15) is 9.59 Å². The highest BCUT2D eigenvalue weighted by Crippen LogP contribution is 2.17. The number of aryl methyl sites for hydroxylation is 4. The zero-order chi connectivity index (χ0) is 18.7. The average Bonchev–Trinajstić information content (AvgIpc) is 2.79. The maximum Gasteiger partial charge on any atom is 0.267 e. The van der Waals surface area contributed by atoms with Gasteiger partial charge in [0.2, 0.25) is 0 Å². The smallest absolute Gasteiger partial charge is 0.267 e. The first-order valence-corrected chi connectivity index (χ1v) is 9.41. The van der Waals surface area contributed by atoms with Gasteiger partial charge in [-0.05, 0) is 64.2 Å². The van der Waals surface area contributed by atoms with Crippen LogP contribution in [0, 0.1) is 13.8 Å². The Bertz CT molecular complexity index is 850. The number of fused-ring (bicyclic) bond motifs is 1. The van der Waals surface area contributed by atoms with Crippen LogP contribution in [0.2, 0.25) is 0 Å². The largest absolute Gasteiger partial charge is 0.348 e. The monoisotopic (exact) mass is 353 g/mol. The van der Waals surface area contributed by atoms with Gasteiger partial charge in [-0.2, -0.15) is 5.10 Å². The predicted octanol–water partition coefficient (Wildman–Crippen LogP) is 2.95. The molecular weight excluding hydrogens is 326 g/mol. The van der Waals surface area contributed by atoms with Gasteiger partial charge in [0.1, 0.15) is 0 Å². The van der Waals surface area contributed by atoms with Gasteiger partial charge >= 0.3 is 0 Å². The summed E-state index contributed by atoms with van der Waals surface area (Å²) in [6.45, 7) is 6.24. The number of hydrogen-bond acceptors (Lipinski definition) is 3. The third kappa shape index (κ3) is 4.40. The molecule has 5 nitrogen and oxygen atoms in total. The zero-order valence-electron chi connectivity index (χ0n) is 15.8. The van der Waals surface area contributed by atoms with Crippen molar-refractivity contribution in [2.75, 3.05) is 0 Å². The van der Waals surface area contributed by atoms with Gasteiger partial charge < -0.3 is 5.32 Å². The van der Waals surface area contributed by atoms with Crippen LogP contribution < -0.4 is 10.9 Å². The van der Waals surface area contributed by atoms with Crippen LogP contribution in [0.3, 0.4) is 0 Å². The first kappa shape index (κ1) is 18.4. The van der Waals surface area contributed by atoms with E-state index in [4.69, 9.17) is 0 Å². The molecule has 3 rings (SSSR count). The van der Waals surface area contributed by atoms with Gasteiger partial charge in [-0.15, -0.1) is 0 Å². The lowest BCUT2D eigenvalue weighted by Crippen LogP contribution is -2.39. The first-order chi connectivity index (χ1) is 12.4. The summed E-state index contributed by atoms with van der Waals surface area (Å²) in [5.41, 5.74) is 4.82. The minimum atomic E-state index is -0.183. The number of rotatable bonds is 4. The summed E-state index contributed by atoms with van der Waals surface area (Å²) in [7, 11) is 0. The van der Waals surface area contributed by atoms with Crippen LogP contribution in [0.15, 0.2) is 29.1 Å². The van der Waals surface area contributed by atoms with E-state index in [1.54, 1.807) is 6.07 Å². The van der Waals surface area contributed by atoms with Gasteiger partial charge in [0.05, 0.1) is 12.2 Å². The molecule has 1 aliphatic carbocycles. The number of benzene rings is 1. The number of aromatic nitrogens is 2. The Morgan fingerprint density at radius 2 is 1.81 bits per heavy atom. The summed E-state index contributed by atoms with van der Waals surface area (Å²) < 4.78 is 1.50. The fraction of sp³-hybridized carbons (Fsp3) is 0.476. The van der Waals surface area contributed by atoms with Crippen LogP contribution in [-0.4, -0.2) is 21.7 Å². The van der Waals surface area contributed by atoms with Crippen molar-refractivity contribution in [1.82, 2.24) is 15.1 Å². The van der Waals surface area contributed by atoms with E-state index in [0.717, 1.165) is 48.1 Å². The molecular formula is C21H27N3O2. The van der Waals surface area contributed by atoms with Crippen molar-refractivity contribution in [2.24, 2.45) is 0 Å². The first-order valence-electron chi connectivity index (χ1n) is 9.41. The quantitative estimate of drug-likeness (QED) is 0.860. The second-order valence-corrected chi connectivity index (χ2v) is 7.45. The summed E-state index contributed by atoms with van der Waals surface area (Å²) >= 11 is 0. The number of amides is 1. The number of carbonyl (C=O) groups excluding carboxylic acids is 1. The summed E-state index contributed by atoms with van der Waals surface area (Å²) in [5.74, 6) is -0.118. The molecule has 2 aromatic rings. The van der Waals surface area contributed by atoms with E-state index in [2.05, 4.69) is 10.4 Å². The Morgan fingerprint density at radius 1 is 1.12 bits per heavy atom. The van der Waals surface area contributed by atoms with E-state index in [-0.39, 0.29) is 17.5 Å². The molecule has 138 valence electrons. The molecule has 1 aromatic heterocycles. The Balaban J connectivity index is 1.71. The molecule has 0 aliphatic heterocycles. The normalized spacial score (nSPS) is 15.0. The second kappa shape index (κ2) is 7.85. The molecule has 0 saturated carbocycles. The van der Waals surface area contributed by atoms with E-state index in [1.807, 2.05) is 39.0 Å². The Hall–Kier alpha value is -2.43. The number of hydrogen-bond donors (Lipinski definition) is 1. The van der Waals surface area contributed by atoms with Crippen LogP contribution in [0.25, 0.3) is 0 Å². The zero-order valence-corrected chi connectivity index (χ0v) is 15.8. The van der Waals surface area contributed by atoms with E-state index in [0.29, 0.717) is 12.1 Å². The van der Waals surface area contributed by atoms with Gasteiger partial charge in [0.15, 0.2) is 0 Å².